The number of nitrogens with zero attached hydrogens (tertiary/aromatic N) is 4. The van der Waals surface area contributed by atoms with Gasteiger partial charge in [-0.2, -0.15) is 5.10 Å². The second-order valence-electron chi connectivity index (χ2n) is 6.03. The zero-order valence-electron chi connectivity index (χ0n) is 13.5. The van der Waals surface area contributed by atoms with E-state index in [4.69, 9.17) is 0 Å². The van der Waals surface area contributed by atoms with E-state index in [1.807, 2.05) is 31.3 Å². The molecule has 0 aliphatic carbocycles. The highest BCUT2D eigenvalue weighted by Gasteiger charge is 2.24. The first-order valence-corrected chi connectivity index (χ1v) is 8.16. The highest BCUT2D eigenvalue weighted by molar-refractivity contribution is 5.81. The molecule has 23 heavy (non-hydrogen) atoms. The van der Waals surface area contributed by atoms with Gasteiger partial charge in [0.1, 0.15) is 12.7 Å². The molecule has 0 radical (unpaired) electrons. The Balaban J connectivity index is 1.67. The van der Waals surface area contributed by atoms with Gasteiger partial charge >= 0.3 is 0 Å². The van der Waals surface area contributed by atoms with E-state index in [0.29, 0.717) is 6.54 Å². The molecule has 1 atom stereocenters. The highest BCUT2D eigenvalue weighted by Crippen LogP contribution is 2.16. The van der Waals surface area contributed by atoms with E-state index < -0.39 is 0 Å². The molecular weight excluding hydrogens is 290 g/mol. The van der Waals surface area contributed by atoms with Crippen molar-refractivity contribution >= 4 is 5.91 Å². The fourth-order valence-corrected chi connectivity index (χ4v) is 3.10. The number of aromatic nitrogens is 3. The van der Waals surface area contributed by atoms with Gasteiger partial charge in [0.15, 0.2) is 0 Å². The summed E-state index contributed by atoms with van der Waals surface area (Å²) in [6.07, 6.45) is 7.62. The molecule has 1 fully saturated rings. The minimum atomic E-state index is -0.0176. The summed E-state index contributed by atoms with van der Waals surface area (Å²) in [5.41, 5.74) is 1.97. The molecule has 2 aromatic rings. The topological polar surface area (TPSA) is 63.1 Å². The maximum Gasteiger partial charge on any atom is 0.237 e. The van der Waals surface area contributed by atoms with Gasteiger partial charge in [-0.05, 0) is 38.1 Å². The van der Waals surface area contributed by atoms with Crippen LogP contribution in [0.25, 0.3) is 5.69 Å². The molecule has 1 aromatic carbocycles. The summed E-state index contributed by atoms with van der Waals surface area (Å²) < 4.78 is 1.72. The normalized spacial score (nSPS) is 19.3. The fourth-order valence-electron chi connectivity index (χ4n) is 3.10. The Morgan fingerprint density at radius 1 is 1.30 bits per heavy atom. The fraction of sp³-hybridized carbons (Fsp3) is 0.471. The molecule has 0 saturated carbocycles. The molecule has 1 saturated heterocycles. The van der Waals surface area contributed by atoms with E-state index in [1.54, 1.807) is 11.0 Å². The highest BCUT2D eigenvalue weighted by atomic mass is 16.2. The summed E-state index contributed by atoms with van der Waals surface area (Å²) in [6.45, 7) is 1.49. The Morgan fingerprint density at radius 3 is 3.00 bits per heavy atom. The number of benzene rings is 1. The van der Waals surface area contributed by atoms with Gasteiger partial charge in [-0.15, -0.1) is 0 Å². The number of carbonyl (C=O) groups excluding carboxylic acids is 1. The maximum absolute atomic E-state index is 12.5. The summed E-state index contributed by atoms with van der Waals surface area (Å²) in [7, 11) is 2.04. The second kappa shape index (κ2) is 7.37. The molecule has 2 heterocycles. The van der Waals surface area contributed by atoms with Crippen LogP contribution in [-0.4, -0.2) is 45.2 Å². The third-order valence-electron chi connectivity index (χ3n) is 4.43. The number of rotatable bonds is 4. The number of likely N-dealkylation sites (N-methyl/N-ethyl adjacent to an activating group) is 1. The Bertz CT molecular complexity index is 640. The van der Waals surface area contributed by atoms with Crippen LogP contribution in [0.5, 0.6) is 0 Å². The van der Waals surface area contributed by atoms with Crippen molar-refractivity contribution < 1.29 is 4.79 Å². The molecule has 1 aliphatic heterocycles. The van der Waals surface area contributed by atoms with Gasteiger partial charge in [0, 0.05) is 6.54 Å². The molecule has 1 aromatic heterocycles. The number of likely N-dealkylation sites (tertiary alicyclic amines) is 1. The van der Waals surface area contributed by atoms with Crippen molar-refractivity contribution in [1.29, 1.82) is 0 Å². The molecule has 122 valence electrons. The van der Waals surface area contributed by atoms with Gasteiger partial charge in [0.25, 0.3) is 0 Å². The van der Waals surface area contributed by atoms with Crippen LogP contribution in [0.15, 0.2) is 36.9 Å². The van der Waals surface area contributed by atoms with Crippen molar-refractivity contribution in [1.82, 2.24) is 25.0 Å². The van der Waals surface area contributed by atoms with Crippen molar-refractivity contribution in [2.75, 3.05) is 13.6 Å². The van der Waals surface area contributed by atoms with Crippen LogP contribution in [0, 0.1) is 0 Å². The minimum Gasteiger partial charge on any atom is -0.351 e. The Labute approximate surface area is 136 Å². The van der Waals surface area contributed by atoms with Crippen LogP contribution in [-0.2, 0) is 11.3 Å². The zero-order valence-corrected chi connectivity index (χ0v) is 13.5. The molecular formula is C17H23N5O. The number of nitrogens with one attached hydrogen (secondary N) is 1. The first-order valence-electron chi connectivity index (χ1n) is 8.16. The van der Waals surface area contributed by atoms with Crippen molar-refractivity contribution in [2.45, 2.75) is 38.3 Å². The van der Waals surface area contributed by atoms with Gasteiger partial charge in [0.2, 0.25) is 5.91 Å². The van der Waals surface area contributed by atoms with E-state index >= 15 is 0 Å². The summed E-state index contributed by atoms with van der Waals surface area (Å²) in [6, 6.07) is 7.90. The molecule has 3 rings (SSSR count). The third-order valence-corrected chi connectivity index (χ3v) is 4.43. The number of carbonyl (C=O) groups is 1. The Kier molecular flexibility index (Phi) is 5.02. The lowest BCUT2D eigenvalue weighted by Crippen LogP contribution is -2.44. The summed E-state index contributed by atoms with van der Waals surface area (Å²) >= 11 is 0. The van der Waals surface area contributed by atoms with Crippen LogP contribution >= 0.6 is 0 Å². The van der Waals surface area contributed by atoms with Gasteiger partial charge in [-0.25, -0.2) is 9.67 Å². The summed E-state index contributed by atoms with van der Waals surface area (Å²) in [5, 5.41) is 7.26. The molecule has 0 spiro atoms. The molecule has 6 heteroatoms. The quantitative estimate of drug-likeness (QED) is 0.934. The average Bonchev–Trinajstić information content (AvgIpc) is 3.02. The van der Waals surface area contributed by atoms with Crippen molar-refractivity contribution in [3.63, 3.8) is 0 Å². The lowest BCUT2D eigenvalue weighted by molar-refractivity contribution is -0.126. The predicted octanol–water partition coefficient (Wildman–Crippen LogP) is 1.76. The third kappa shape index (κ3) is 3.76. The minimum absolute atomic E-state index is 0.0176. The maximum atomic E-state index is 12.5. The van der Waals surface area contributed by atoms with E-state index in [2.05, 4.69) is 20.3 Å². The number of hydrogen-bond acceptors (Lipinski definition) is 4. The molecule has 1 amide bonds. The monoisotopic (exact) mass is 313 g/mol. The molecule has 0 unspecified atom stereocenters. The molecule has 6 nitrogen and oxygen atoms in total. The van der Waals surface area contributed by atoms with Gasteiger partial charge in [-0.3, -0.25) is 9.69 Å². The largest absolute Gasteiger partial charge is 0.351 e. The van der Waals surface area contributed by atoms with E-state index in [9.17, 15) is 4.79 Å². The van der Waals surface area contributed by atoms with Gasteiger partial charge < -0.3 is 5.32 Å². The standard InChI is InChI=1S/C17H23N5O/c1-21-10-6-2-3-9-16(21)17(23)19-11-14-7-4-5-8-15(14)22-13-18-12-20-22/h4-5,7-8,12-13,16H,2-3,6,9-11H2,1H3,(H,19,23)/t16-/m0/s1. The van der Waals surface area contributed by atoms with Gasteiger partial charge in [0.05, 0.1) is 11.7 Å². The lowest BCUT2D eigenvalue weighted by atomic mass is 10.1. The second-order valence-corrected chi connectivity index (χ2v) is 6.03. The van der Waals surface area contributed by atoms with E-state index in [0.717, 1.165) is 30.6 Å². The lowest BCUT2D eigenvalue weighted by Gasteiger charge is -2.24. The molecule has 1 aliphatic rings. The Morgan fingerprint density at radius 2 is 2.17 bits per heavy atom. The van der Waals surface area contributed by atoms with Crippen molar-refractivity contribution in [3.05, 3.63) is 42.5 Å². The average molecular weight is 313 g/mol. The number of hydrogen-bond donors (Lipinski definition) is 1. The van der Waals surface area contributed by atoms with Crippen LogP contribution in [0.2, 0.25) is 0 Å². The van der Waals surface area contributed by atoms with E-state index in [1.165, 1.54) is 19.2 Å². The van der Waals surface area contributed by atoms with Crippen LogP contribution in [0.3, 0.4) is 0 Å². The summed E-state index contributed by atoms with van der Waals surface area (Å²) in [4.78, 5) is 18.7. The SMILES string of the molecule is CN1CCCCC[C@H]1C(=O)NCc1ccccc1-n1cncn1. The van der Waals surface area contributed by atoms with E-state index in [-0.39, 0.29) is 11.9 Å². The van der Waals surface area contributed by atoms with Crippen LogP contribution < -0.4 is 5.32 Å². The Hall–Kier alpha value is -2.21. The molecule has 0 bridgehead atoms. The zero-order chi connectivity index (χ0) is 16.1. The van der Waals surface area contributed by atoms with Crippen molar-refractivity contribution in [2.24, 2.45) is 0 Å². The molecule has 1 N–H and O–H groups in total. The van der Waals surface area contributed by atoms with Crippen LogP contribution in [0.4, 0.5) is 0 Å². The number of amides is 1. The van der Waals surface area contributed by atoms with Gasteiger partial charge in [-0.1, -0.05) is 31.0 Å². The number of para-hydroxylation sites is 1. The summed E-state index contributed by atoms with van der Waals surface area (Å²) in [5.74, 6) is 0.114. The first-order chi connectivity index (χ1) is 11.3. The van der Waals surface area contributed by atoms with Crippen molar-refractivity contribution in [3.8, 4) is 5.69 Å². The van der Waals surface area contributed by atoms with Crippen LogP contribution in [0.1, 0.15) is 31.2 Å². The first kappa shape index (κ1) is 15.7. The smallest absolute Gasteiger partial charge is 0.237 e. The predicted molar refractivity (Wildman–Crippen MR) is 88.1 cm³/mol.